The van der Waals surface area contributed by atoms with Gasteiger partial charge < -0.3 is 9.47 Å². The van der Waals surface area contributed by atoms with E-state index in [0.717, 1.165) is 66.8 Å². The summed E-state index contributed by atoms with van der Waals surface area (Å²) in [5.41, 5.74) is 6.72. The quantitative estimate of drug-likeness (QED) is 0.489. The van der Waals surface area contributed by atoms with Crippen molar-refractivity contribution in [2.45, 2.75) is 39.2 Å². The molecule has 2 aromatic carbocycles. The largest absolute Gasteiger partial charge is 0.343 e. The number of nitrogens with one attached hydrogen (secondary N) is 1. The lowest BCUT2D eigenvalue weighted by Gasteiger charge is -2.32. The number of imidazole rings is 1. The molecule has 0 saturated carbocycles. The van der Waals surface area contributed by atoms with Crippen LogP contribution >= 0.6 is 0 Å². The van der Waals surface area contributed by atoms with E-state index in [1.807, 2.05) is 42.5 Å². The van der Waals surface area contributed by atoms with Crippen LogP contribution in [0.1, 0.15) is 30.5 Å². The fourth-order valence-corrected chi connectivity index (χ4v) is 4.72. The van der Waals surface area contributed by atoms with Crippen molar-refractivity contribution in [2.75, 3.05) is 13.1 Å². The Morgan fingerprint density at radius 1 is 1.12 bits per heavy atom. The highest BCUT2D eigenvalue weighted by Gasteiger charge is 2.23. The molecule has 6 nitrogen and oxygen atoms in total. The molecule has 0 aliphatic carbocycles. The van der Waals surface area contributed by atoms with Crippen LogP contribution in [0.4, 0.5) is 0 Å². The Bertz CT molecular complexity index is 1200. The molecule has 1 saturated heterocycles. The van der Waals surface area contributed by atoms with Gasteiger partial charge in [-0.2, -0.15) is 5.10 Å². The van der Waals surface area contributed by atoms with Crippen LogP contribution in [0.5, 0.6) is 0 Å². The van der Waals surface area contributed by atoms with E-state index in [2.05, 4.69) is 50.1 Å². The Labute approximate surface area is 188 Å². The summed E-state index contributed by atoms with van der Waals surface area (Å²) in [5, 5.41) is 7.13. The molecule has 1 aliphatic heterocycles. The zero-order valence-electron chi connectivity index (χ0n) is 18.5. The Morgan fingerprint density at radius 2 is 1.94 bits per heavy atom. The van der Waals surface area contributed by atoms with Gasteiger partial charge >= 0.3 is 0 Å². The number of aromatic amines is 1. The second-order valence-corrected chi connectivity index (χ2v) is 8.82. The number of piperidine rings is 1. The van der Waals surface area contributed by atoms with Crippen LogP contribution in [0.15, 0.2) is 61.1 Å². The van der Waals surface area contributed by atoms with E-state index in [1.165, 1.54) is 5.56 Å². The van der Waals surface area contributed by atoms with Crippen LogP contribution in [-0.2, 0) is 17.8 Å². The second kappa shape index (κ2) is 8.99. The lowest BCUT2D eigenvalue weighted by Crippen LogP contribution is -2.39. The minimum atomic E-state index is 0.280. The third-order valence-corrected chi connectivity index (χ3v) is 6.65. The number of likely N-dealkylation sites (tertiary alicyclic amines) is 1. The number of rotatable bonds is 6. The molecule has 5 rings (SSSR count). The number of aryl methyl sites for hydroxylation is 2. The van der Waals surface area contributed by atoms with E-state index in [4.69, 9.17) is 0 Å². The number of aromatic nitrogens is 4. The second-order valence-electron chi connectivity index (χ2n) is 8.82. The maximum absolute atomic E-state index is 12.6. The first-order valence-electron chi connectivity index (χ1n) is 11.4. The number of fused-ring (bicyclic) bond motifs is 1. The Kier molecular flexibility index (Phi) is 5.75. The Balaban J connectivity index is 1.17. The third-order valence-electron chi connectivity index (χ3n) is 6.65. The first-order chi connectivity index (χ1) is 15.7. The standard InChI is InChI=1S/C26H29N5O/c1-19-23(16-28-29-19)22-8-9-25-24(15-22)27-18-31(25)17-21-11-13-30(14-12-21)26(32)10-7-20-5-3-2-4-6-20/h2-6,8-9,15-16,18,21H,7,10-14,17H2,1H3,(H,28,29). The molecule has 1 N–H and O–H groups in total. The van der Waals surface area contributed by atoms with E-state index >= 15 is 0 Å². The Hall–Kier alpha value is -3.41. The highest BCUT2D eigenvalue weighted by molar-refractivity contribution is 5.82. The van der Waals surface area contributed by atoms with Gasteiger partial charge in [-0.1, -0.05) is 36.4 Å². The van der Waals surface area contributed by atoms with Crippen molar-refractivity contribution in [3.8, 4) is 11.1 Å². The number of benzene rings is 2. The molecule has 3 heterocycles. The van der Waals surface area contributed by atoms with Crippen molar-refractivity contribution >= 4 is 16.9 Å². The molecule has 1 aliphatic rings. The third kappa shape index (κ3) is 4.31. The van der Waals surface area contributed by atoms with Gasteiger partial charge in [-0.25, -0.2) is 4.98 Å². The summed E-state index contributed by atoms with van der Waals surface area (Å²) in [6.07, 6.45) is 7.32. The number of amides is 1. The number of nitrogens with zero attached hydrogens (tertiary/aromatic N) is 4. The highest BCUT2D eigenvalue weighted by atomic mass is 16.2. The fourth-order valence-electron chi connectivity index (χ4n) is 4.72. The summed E-state index contributed by atoms with van der Waals surface area (Å²) in [6.45, 7) is 4.69. The molecule has 32 heavy (non-hydrogen) atoms. The van der Waals surface area contributed by atoms with Crippen molar-refractivity contribution in [1.29, 1.82) is 0 Å². The minimum Gasteiger partial charge on any atom is -0.343 e. The van der Waals surface area contributed by atoms with Crippen LogP contribution in [0.3, 0.4) is 0 Å². The van der Waals surface area contributed by atoms with Gasteiger partial charge in [0.1, 0.15) is 0 Å². The van der Waals surface area contributed by atoms with Gasteiger partial charge in [-0.3, -0.25) is 9.89 Å². The molecule has 1 amide bonds. The predicted octanol–water partition coefficient (Wildman–Crippen LogP) is 4.61. The van der Waals surface area contributed by atoms with Gasteiger partial charge in [-0.15, -0.1) is 0 Å². The SMILES string of the molecule is Cc1[nH]ncc1-c1ccc2c(c1)ncn2CC1CCN(C(=O)CCc2ccccc2)CC1. The predicted molar refractivity (Wildman–Crippen MR) is 126 cm³/mol. The number of H-pyrrole nitrogens is 1. The van der Waals surface area contributed by atoms with Crippen LogP contribution in [-0.4, -0.2) is 43.6 Å². The minimum absolute atomic E-state index is 0.280. The molecule has 1 fully saturated rings. The number of carbonyl (C=O) groups is 1. The topological polar surface area (TPSA) is 66.8 Å². The van der Waals surface area contributed by atoms with Gasteiger partial charge in [0, 0.05) is 37.3 Å². The van der Waals surface area contributed by atoms with Crippen LogP contribution in [0, 0.1) is 12.8 Å². The summed E-state index contributed by atoms with van der Waals surface area (Å²) < 4.78 is 2.26. The summed E-state index contributed by atoms with van der Waals surface area (Å²) in [7, 11) is 0. The van der Waals surface area contributed by atoms with Crippen molar-refractivity contribution in [1.82, 2.24) is 24.6 Å². The maximum atomic E-state index is 12.6. The lowest BCUT2D eigenvalue weighted by atomic mass is 9.96. The summed E-state index contributed by atoms with van der Waals surface area (Å²) in [5.74, 6) is 0.851. The molecule has 6 heteroatoms. The van der Waals surface area contributed by atoms with Gasteiger partial charge in [0.05, 0.1) is 23.6 Å². The average molecular weight is 428 g/mol. The fraction of sp³-hybridized carbons (Fsp3) is 0.346. The normalized spacial score (nSPS) is 14.8. The first-order valence-corrected chi connectivity index (χ1v) is 11.4. The van der Waals surface area contributed by atoms with Crippen molar-refractivity contribution < 1.29 is 4.79 Å². The maximum Gasteiger partial charge on any atom is 0.222 e. The molecule has 4 aromatic rings. The van der Waals surface area contributed by atoms with Crippen molar-refractivity contribution in [3.05, 3.63) is 72.3 Å². The van der Waals surface area contributed by atoms with Gasteiger partial charge in [0.25, 0.3) is 0 Å². The summed E-state index contributed by atoms with van der Waals surface area (Å²) in [6, 6.07) is 16.7. The molecular formula is C26H29N5O. The van der Waals surface area contributed by atoms with Crippen LogP contribution in [0.25, 0.3) is 22.2 Å². The van der Waals surface area contributed by atoms with Gasteiger partial charge in [0.15, 0.2) is 0 Å². The van der Waals surface area contributed by atoms with E-state index in [1.54, 1.807) is 0 Å². The Morgan fingerprint density at radius 3 is 2.69 bits per heavy atom. The molecular weight excluding hydrogens is 398 g/mol. The van der Waals surface area contributed by atoms with Crippen molar-refractivity contribution in [2.24, 2.45) is 5.92 Å². The molecule has 0 spiro atoms. The van der Waals surface area contributed by atoms with Crippen LogP contribution < -0.4 is 0 Å². The van der Waals surface area contributed by atoms with E-state index in [0.29, 0.717) is 12.3 Å². The average Bonchev–Trinajstić information content (AvgIpc) is 3.44. The smallest absolute Gasteiger partial charge is 0.222 e. The molecule has 164 valence electrons. The van der Waals surface area contributed by atoms with E-state index in [9.17, 15) is 4.79 Å². The number of hydrogen-bond donors (Lipinski definition) is 1. The molecule has 0 atom stereocenters. The molecule has 0 bridgehead atoms. The number of hydrogen-bond acceptors (Lipinski definition) is 3. The van der Waals surface area contributed by atoms with E-state index in [-0.39, 0.29) is 5.91 Å². The summed E-state index contributed by atoms with van der Waals surface area (Å²) in [4.78, 5) is 19.3. The zero-order chi connectivity index (χ0) is 21.9. The van der Waals surface area contributed by atoms with Crippen molar-refractivity contribution in [3.63, 3.8) is 0 Å². The number of carbonyl (C=O) groups excluding carboxylic acids is 1. The first kappa shape index (κ1) is 20.5. The molecule has 2 aromatic heterocycles. The molecule has 0 radical (unpaired) electrons. The lowest BCUT2D eigenvalue weighted by molar-refractivity contribution is -0.132. The van der Waals surface area contributed by atoms with E-state index < -0.39 is 0 Å². The summed E-state index contributed by atoms with van der Waals surface area (Å²) >= 11 is 0. The van der Waals surface area contributed by atoms with Gasteiger partial charge in [0.2, 0.25) is 5.91 Å². The van der Waals surface area contributed by atoms with Crippen LogP contribution in [0.2, 0.25) is 0 Å². The zero-order valence-corrected chi connectivity index (χ0v) is 18.5. The highest BCUT2D eigenvalue weighted by Crippen LogP contribution is 2.27. The molecule has 0 unspecified atom stereocenters. The monoisotopic (exact) mass is 427 g/mol. The van der Waals surface area contributed by atoms with Gasteiger partial charge in [-0.05, 0) is 55.4 Å².